The lowest BCUT2D eigenvalue weighted by Crippen LogP contribution is -2.41. The van der Waals surface area contributed by atoms with Crippen molar-refractivity contribution in [2.75, 3.05) is 40.3 Å². The molecule has 2 unspecified atom stereocenters. The molecule has 0 bridgehead atoms. The molecule has 1 saturated carbocycles. The molecule has 3 nitrogen and oxygen atoms in total. The van der Waals surface area contributed by atoms with E-state index in [1.54, 1.807) is 0 Å². The fourth-order valence-electron chi connectivity index (χ4n) is 3.80. The number of hydrogen-bond donors (Lipinski definition) is 1. The van der Waals surface area contributed by atoms with Crippen molar-refractivity contribution in [2.45, 2.75) is 51.0 Å². The van der Waals surface area contributed by atoms with Crippen LogP contribution in [0.25, 0.3) is 0 Å². The smallest absolute Gasteiger partial charge is 0.00793 e. The summed E-state index contributed by atoms with van der Waals surface area (Å²) in [5.41, 5.74) is 6.35. The van der Waals surface area contributed by atoms with Gasteiger partial charge in [0, 0.05) is 19.1 Å². The minimum atomic E-state index is 0.447. The summed E-state index contributed by atoms with van der Waals surface area (Å²) in [6.45, 7) is 5.05. The van der Waals surface area contributed by atoms with Gasteiger partial charge in [-0.15, -0.1) is 0 Å². The van der Waals surface area contributed by atoms with Crippen LogP contribution in [0.4, 0.5) is 0 Å². The van der Waals surface area contributed by atoms with E-state index in [0.29, 0.717) is 6.04 Å². The molecule has 2 rings (SSSR count). The molecule has 19 heavy (non-hydrogen) atoms. The van der Waals surface area contributed by atoms with Crippen molar-refractivity contribution >= 4 is 0 Å². The zero-order chi connectivity index (χ0) is 13.7. The Morgan fingerprint density at radius 3 is 2.42 bits per heavy atom. The third-order valence-electron chi connectivity index (χ3n) is 5.17. The van der Waals surface area contributed by atoms with Crippen LogP contribution in [0.2, 0.25) is 0 Å². The van der Waals surface area contributed by atoms with Crippen LogP contribution in [0.15, 0.2) is 0 Å². The van der Waals surface area contributed by atoms with Gasteiger partial charge in [-0.05, 0) is 64.7 Å². The van der Waals surface area contributed by atoms with E-state index in [1.807, 2.05) is 0 Å². The lowest BCUT2D eigenvalue weighted by atomic mass is 9.93. The van der Waals surface area contributed by atoms with Crippen LogP contribution in [0, 0.1) is 11.8 Å². The van der Waals surface area contributed by atoms with Crippen molar-refractivity contribution < 1.29 is 0 Å². The number of nitrogens with zero attached hydrogens (tertiary/aromatic N) is 2. The Balaban J connectivity index is 1.72. The van der Waals surface area contributed by atoms with Gasteiger partial charge in [-0.25, -0.2) is 0 Å². The molecule has 1 aliphatic carbocycles. The molecular formula is C16H33N3. The van der Waals surface area contributed by atoms with E-state index in [-0.39, 0.29) is 0 Å². The first kappa shape index (κ1) is 15.3. The average Bonchev–Trinajstić information content (AvgIpc) is 2.58. The quantitative estimate of drug-likeness (QED) is 0.792. The van der Waals surface area contributed by atoms with E-state index in [4.69, 9.17) is 5.73 Å². The first-order chi connectivity index (χ1) is 9.15. The van der Waals surface area contributed by atoms with Crippen LogP contribution < -0.4 is 5.73 Å². The van der Waals surface area contributed by atoms with Gasteiger partial charge >= 0.3 is 0 Å². The second-order valence-corrected chi connectivity index (χ2v) is 7.03. The molecule has 1 aliphatic heterocycles. The maximum Gasteiger partial charge on any atom is 0.00793 e. The number of likely N-dealkylation sites (tertiary alicyclic amines) is 1. The van der Waals surface area contributed by atoms with Gasteiger partial charge in [0.25, 0.3) is 0 Å². The van der Waals surface area contributed by atoms with Gasteiger partial charge in [0.15, 0.2) is 0 Å². The molecule has 2 atom stereocenters. The highest BCUT2D eigenvalue weighted by atomic mass is 15.1. The molecule has 2 N–H and O–H groups in total. The van der Waals surface area contributed by atoms with Crippen molar-refractivity contribution in [3.8, 4) is 0 Å². The van der Waals surface area contributed by atoms with Crippen LogP contribution in [0.1, 0.15) is 44.9 Å². The van der Waals surface area contributed by atoms with Crippen molar-refractivity contribution in [3.63, 3.8) is 0 Å². The minimum absolute atomic E-state index is 0.447. The zero-order valence-corrected chi connectivity index (χ0v) is 13.0. The largest absolute Gasteiger partial charge is 0.327 e. The third kappa shape index (κ3) is 5.05. The standard InChI is InChI=1S/C16H33N3/c1-18-10-8-14(9-11-18)12-19(2)13-15-6-4-3-5-7-16(15)17/h14-16H,3-13,17H2,1-2H3. The molecule has 0 amide bonds. The lowest BCUT2D eigenvalue weighted by Gasteiger charge is -2.33. The second-order valence-electron chi connectivity index (χ2n) is 7.03. The molecule has 1 saturated heterocycles. The predicted molar refractivity (Wildman–Crippen MR) is 82.3 cm³/mol. The monoisotopic (exact) mass is 267 g/mol. The fraction of sp³-hybridized carbons (Fsp3) is 1.00. The van der Waals surface area contributed by atoms with Gasteiger partial charge in [-0.1, -0.05) is 19.3 Å². The topological polar surface area (TPSA) is 32.5 Å². The van der Waals surface area contributed by atoms with Crippen molar-refractivity contribution in [3.05, 3.63) is 0 Å². The van der Waals surface area contributed by atoms with E-state index in [9.17, 15) is 0 Å². The van der Waals surface area contributed by atoms with E-state index in [1.165, 1.54) is 71.1 Å². The van der Waals surface area contributed by atoms with Gasteiger partial charge in [-0.3, -0.25) is 0 Å². The summed E-state index contributed by atoms with van der Waals surface area (Å²) < 4.78 is 0. The van der Waals surface area contributed by atoms with E-state index in [2.05, 4.69) is 23.9 Å². The third-order valence-corrected chi connectivity index (χ3v) is 5.17. The Kier molecular flexibility index (Phi) is 6.11. The fourth-order valence-corrected chi connectivity index (χ4v) is 3.80. The Morgan fingerprint density at radius 2 is 1.68 bits per heavy atom. The summed E-state index contributed by atoms with van der Waals surface area (Å²) in [5.74, 6) is 1.64. The predicted octanol–water partition coefficient (Wildman–Crippen LogP) is 2.17. The van der Waals surface area contributed by atoms with Crippen LogP contribution in [-0.4, -0.2) is 56.1 Å². The van der Waals surface area contributed by atoms with Crippen molar-refractivity contribution in [2.24, 2.45) is 17.6 Å². The SMILES string of the molecule is CN1CCC(CN(C)CC2CCCCCC2N)CC1. The Morgan fingerprint density at radius 1 is 1.00 bits per heavy atom. The molecule has 3 heteroatoms. The van der Waals surface area contributed by atoms with Crippen molar-refractivity contribution in [1.82, 2.24) is 9.80 Å². The molecule has 1 heterocycles. The summed E-state index contributed by atoms with van der Waals surface area (Å²) >= 11 is 0. The number of rotatable bonds is 4. The number of nitrogens with two attached hydrogens (primary N) is 1. The van der Waals surface area contributed by atoms with E-state index < -0.39 is 0 Å². The Hall–Kier alpha value is -0.120. The second kappa shape index (κ2) is 7.61. The maximum atomic E-state index is 6.35. The summed E-state index contributed by atoms with van der Waals surface area (Å²) in [7, 11) is 4.54. The molecule has 0 aromatic heterocycles. The van der Waals surface area contributed by atoms with Crippen LogP contribution in [0.5, 0.6) is 0 Å². The van der Waals surface area contributed by atoms with Gasteiger partial charge < -0.3 is 15.5 Å². The highest BCUT2D eigenvalue weighted by Crippen LogP contribution is 2.24. The first-order valence-electron chi connectivity index (χ1n) is 8.28. The Labute approximate surface area is 119 Å². The van der Waals surface area contributed by atoms with Crippen LogP contribution >= 0.6 is 0 Å². The van der Waals surface area contributed by atoms with E-state index in [0.717, 1.165) is 11.8 Å². The summed E-state index contributed by atoms with van der Waals surface area (Å²) in [6.07, 6.45) is 9.46. The molecule has 0 aromatic carbocycles. The summed E-state index contributed by atoms with van der Waals surface area (Å²) in [5, 5.41) is 0. The molecule has 2 fully saturated rings. The van der Waals surface area contributed by atoms with Crippen molar-refractivity contribution in [1.29, 1.82) is 0 Å². The summed E-state index contributed by atoms with van der Waals surface area (Å²) in [4.78, 5) is 5.02. The van der Waals surface area contributed by atoms with Gasteiger partial charge in [0.2, 0.25) is 0 Å². The average molecular weight is 267 g/mol. The highest BCUT2D eigenvalue weighted by molar-refractivity contribution is 4.80. The van der Waals surface area contributed by atoms with Gasteiger partial charge in [-0.2, -0.15) is 0 Å². The molecule has 0 spiro atoms. The summed E-state index contributed by atoms with van der Waals surface area (Å²) in [6, 6.07) is 0.447. The van der Waals surface area contributed by atoms with E-state index >= 15 is 0 Å². The highest BCUT2D eigenvalue weighted by Gasteiger charge is 2.23. The first-order valence-corrected chi connectivity index (χ1v) is 8.28. The maximum absolute atomic E-state index is 6.35. The molecule has 2 aliphatic rings. The number of hydrogen-bond acceptors (Lipinski definition) is 3. The number of piperidine rings is 1. The van der Waals surface area contributed by atoms with Crippen LogP contribution in [0.3, 0.4) is 0 Å². The molecule has 0 radical (unpaired) electrons. The Bertz CT molecular complexity index is 248. The molecule has 112 valence electrons. The molecular weight excluding hydrogens is 234 g/mol. The van der Waals surface area contributed by atoms with Gasteiger partial charge in [0.1, 0.15) is 0 Å². The van der Waals surface area contributed by atoms with Crippen LogP contribution in [-0.2, 0) is 0 Å². The minimum Gasteiger partial charge on any atom is -0.327 e. The molecule has 0 aromatic rings. The normalized spacial score (nSPS) is 31.6. The van der Waals surface area contributed by atoms with Gasteiger partial charge in [0.05, 0.1) is 0 Å². The zero-order valence-electron chi connectivity index (χ0n) is 13.0. The lowest BCUT2D eigenvalue weighted by molar-refractivity contribution is 0.158.